The molecule has 4 nitrogen and oxygen atoms in total. The van der Waals surface area contributed by atoms with Gasteiger partial charge in [0.1, 0.15) is 0 Å². The standard InChI is InChI=1S/C19H32N4.HI/c1-5-20-19(22-14-18(23(3)4)17-11-12-17)21-13-15(2)16-9-7-6-8-10-16;/h6-10,15,17-18H,5,11-14H2,1-4H3,(H2,20,21,22);1H. The van der Waals surface area contributed by atoms with Crippen LogP contribution in [0, 0.1) is 5.92 Å². The summed E-state index contributed by atoms with van der Waals surface area (Å²) in [5.74, 6) is 2.23. The molecule has 1 saturated carbocycles. The molecule has 2 atom stereocenters. The number of nitrogens with one attached hydrogen (secondary N) is 2. The first kappa shape index (κ1) is 21.2. The van der Waals surface area contributed by atoms with Crippen molar-refractivity contribution in [2.75, 3.05) is 33.7 Å². The highest BCUT2D eigenvalue weighted by Crippen LogP contribution is 2.34. The minimum atomic E-state index is 0. The lowest BCUT2D eigenvalue weighted by Gasteiger charge is -2.23. The van der Waals surface area contributed by atoms with Gasteiger partial charge < -0.3 is 15.5 Å². The zero-order valence-electron chi connectivity index (χ0n) is 15.5. The van der Waals surface area contributed by atoms with E-state index in [4.69, 9.17) is 4.99 Å². The highest BCUT2D eigenvalue weighted by molar-refractivity contribution is 14.0. The second-order valence-electron chi connectivity index (χ2n) is 6.78. The lowest BCUT2D eigenvalue weighted by atomic mass is 10.0. The third-order valence-corrected chi connectivity index (χ3v) is 4.55. The van der Waals surface area contributed by atoms with E-state index < -0.39 is 0 Å². The van der Waals surface area contributed by atoms with Gasteiger partial charge in [0.2, 0.25) is 0 Å². The van der Waals surface area contributed by atoms with Gasteiger partial charge in [-0.25, -0.2) is 0 Å². The summed E-state index contributed by atoms with van der Waals surface area (Å²) in [7, 11) is 4.33. The van der Waals surface area contributed by atoms with E-state index in [0.717, 1.165) is 31.5 Å². The molecule has 2 unspecified atom stereocenters. The summed E-state index contributed by atoms with van der Waals surface area (Å²) in [4.78, 5) is 7.13. The molecule has 0 saturated heterocycles. The Morgan fingerprint density at radius 2 is 1.88 bits per heavy atom. The number of nitrogens with zero attached hydrogens (tertiary/aromatic N) is 2. The molecular weight excluding hydrogens is 411 g/mol. The van der Waals surface area contributed by atoms with Crippen LogP contribution in [0.15, 0.2) is 35.3 Å². The highest BCUT2D eigenvalue weighted by Gasteiger charge is 2.32. The van der Waals surface area contributed by atoms with Gasteiger partial charge in [0.15, 0.2) is 5.96 Å². The number of benzene rings is 1. The summed E-state index contributed by atoms with van der Waals surface area (Å²) in [6.07, 6.45) is 2.71. The maximum absolute atomic E-state index is 4.81. The fourth-order valence-electron chi connectivity index (χ4n) is 2.89. The second-order valence-corrected chi connectivity index (χ2v) is 6.78. The minimum Gasteiger partial charge on any atom is -0.357 e. The molecule has 1 aliphatic carbocycles. The first-order valence-electron chi connectivity index (χ1n) is 8.85. The van der Waals surface area contributed by atoms with Crippen LogP contribution in [0.5, 0.6) is 0 Å². The predicted molar refractivity (Wildman–Crippen MR) is 114 cm³/mol. The number of aliphatic imine (C=N–C) groups is 1. The highest BCUT2D eigenvalue weighted by atomic mass is 127. The largest absolute Gasteiger partial charge is 0.357 e. The third kappa shape index (κ3) is 6.97. The van der Waals surface area contributed by atoms with Crippen LogP contribution in [0.2, 0.25) is 0 Å². The molecule has 0 aliphatic heterocycles. The molecule has 1 aliphatic rings. The van der Waals surface area contributed by atoms with Crippen LogP contribution in [0.3, 0.4) is 0 Å². The van der Waals surface area contributed by atoms with Crippen molar-refractivity contribution in [3.8, 4) is 0 Å². The third-order valence-electron chi connectivity index (χ3n) is 4.55. The fourth-order valence-corrected chi connectivity index (χ4v) is 2.89. The van der Waals surface area contributed by atoms with Gasteiger partial charge in [0.05, 0.1) is 6.54 Å². The van der Waals surface area contributed by atoms with E-state index in [2.05, 4.69) is 73.8 Å². The molecule has 1 aromatic carbocycles. The van der Waals surface area contributed by atoms with Crippen molar-refractivity contribution in [2.45, 2.75) is 38.6 Å². The smallest absolute Gasteiger partial charge is 0.191 e. The Kier molecular flexibility index (Phi) is 9.66. The summed E-state index contributed by atoms with van der Waals surface area (Å²) in [6, 6.07) is 11.2. The number of guanidine groups is 1. The SMILES string of the molecule is CCNC(=NCC(C1CC1)N(C)C)NCC(C)c1ccccc1.I. The molecule has 24 heavy (non-hydrogen) atoms. The Balaban J connectivity index is 0.00000288. The van der Waals surface area contributed by atoms with E-state index in [0.29, 0.717) is 12.0 Å². The van der Waals surface area contributed by atoms with Crippen molar-refractivity contribution in [3.05, 3.63) is 35.9 Å². The van der Waals surface area contributed by atoms with E-state index >= 15 is 0 Å². The summed E-state index contributed by atoms with van der Waals surface area (Å²) in [5, 5.41) is 6.86. The topological polar surface area (TPSA) is 39.7 Å². The fraction of sp³-hybridized carbons (Fsp3) is 0.632. The van der Waals surface area contributed by atoms with E-state index in [1.807, 2.05) is 0 Å². The minimum absolute atomic E-state index is 0. The maximum Gasteiger partial charge on any atom is 0.191 e. The van der Waals surface area contributed by atoms with Gasteiger partial charge in [-0.15, -0.1) is 24.0 Å². The van der Waals surface area contributed by atoms with E-state index in [1.165, 1.54) is 18.4 Å². The normalized spacial score (nSPS) is 17.1. The Hall–Kier alpha value is -0.820. The van der Waals surface area contributed by atoms with Gasteiger partial charge >= 0.3 is 0 Å². The number of hydrogen-bond acceptors (Lipinski definition) is 2. The first-order chi connectivity index (χ1) is 11.1. The molecule has 0 amide bonds. The molecule has 5 heteroatoms. The monoisotopic (exact) mass is 444 g/mol. The van der Waals surface area contributed by atoms with E-state index in [-0.39, 0.29) is 24.0 Å². The van der Waals surface area contributed by atoms with Crippen LogP contribution in [0.4, 0.5) is 0 Å². The summed E-state index contributed by atoms with van der Waals surface area (Å²) < 4.78 is 0. The van der Waals surface area contributed by atoms with Gasteiger partial charge in [-0.2, -0.15) is 0 Å². The van der Waals surface area contributed by atoms with Crippen LogP contribution >= 0.6 is 24.0 Å². The van der Waals surface area contributed by atoms with Crippen molar-refractivity contribution < 1.29 is 0 Å². The molecule has 1 fully saturated rings. The van der Waals surface area contributed by atoms with E-state index in [1.54, 1.807) is 0 Å². The number of rotatable bonds is 8. The second kappa shape index (κ2) is 10.9. The Morgan fingerprint density at radius 1 is 1.21 bits per heavy atom. The molecule has 0 bridgehead atoms. The van der Waals surface area contributed by atoms with Crippen molar-refractivity contribution in [1.82, 2.24) is 15.5 Å². The zero-order valence-corrected chi connectivity index (χ0v) is 17.8. The number of halogens is 1. The maximum atomic E-state index is 4.81. The number of likely N-dealkylation sites (N-methyl/N-ethyl adjacent to an activating group) is 1. The summed E-state index contributed by atoms with van der Waals surface area (Å²) in [6.45, 7) is 7.01. The van der Waals surface area contributed by atoms with E-state index in [9.17, 15) is 0 Å². The van der Waals surface area contributed by atoms with Crippen LogP contribution in [0.1, 0.15) is 38.2 Å². The summed E-state index contributed by atoms with van der Waals surface area (Å²) in [5.41, 5.74) is 1.36. The van der Waals surface area contributed by atoms with Gasteiger partial charge in [0, 0.05) is 19.1 Å². The number of hydrogen-bond donors (Lipinski definition) is 2. The molecule has 0 radical (unpaired) electrons. The van der Waals surface area contributed by atoms with Crippen LogP contribution in [-0.4, -0.2) is 50.6 Å². The molecular formula is C19H33IN4. The molecule has 1 aromatic rings. The Morgan fingerprint density at radius 3 is 2.42 bits per heavy atom. The van der Waals surface area contributed by atoms with Crippen molar-refractivity contribution in [3.63, 3.8) is 0 Å². The van der Waals surface area contributed by atoms with Gasteiger partial charge in [0.25, 0.3) is 0 Å². The average Bonchev–Trinajstić information content (AvgIpc) is 3.37. The average molecular weight is 444 g/mol. The van der Waals surface area contributed by atoms with Crippen LogP contribution in [0.25, 0.3) is 0 Å². The van der Waals surface area contributed by atoms with Gasteiger partial charge in [-0.3, -0.25) is 4.99 Å². The molecule has 2 N–H and O–H groups in total. The Labute approximate surface area is 164 Å². The lowest BCUT2D eigenvalue weighted by Crippen LogP contribution is -2.41. The molecule has 0 aromatic heterocycles. The molecule has 0 spiro atoms. The molecule has 136 valence electrons. The van der Waals surface area contributed by atoms with Crippen molar-refractivity contribution >= 4 is 29.9 Å². The lowest BCUT2D eigenvalue weighted by molar-refractivity contribution is 0.271. The Bertz CT molecular complexity index is 483. The first-order valence-corrected chi connectivity index (χ1v) is 8.85. The van der Waals surface area contributed by atoms with Gasteiger partial charge in [-0.05, 0) is 51.3 Å². The quantitative estimate of drug-likeness (QED) is 0.367. The van der Waals surface area contributed by atoms with Crippen LogP contribution in [-0.2, 0) is 0 Å². The summed E-state index contributed by atoms with van der Waals surface area (Å²) >= 11 is 0. The molecule has 2 rings (SSSR count). The van der Waals surface area contributed by atoms with Crippen molar-refractivity contribution in [1.29, 1.82) is 0 Å². The predicted octanol–water partition coefficient (Wildman–Crippen LogP) is 3.30. The molecule has 0 heterocycles. The van der Waals surface area contributed by atoms with Gasteiger partial charge in [-0.1, -0.05) is 37.3 Å². The van der Waals surface area contributed by atoms with Crippen LogP contribution < -0.4 is 10.6 Å². The zero-order chi connectivity index (χ0) is 16.7. The van der Waals surface area contributed by atoms with Crippen molar-refractivity contribution in [2.24, 2.45) is 10.9 Å².